The summed E-state index contributed by atoms with van der Waals surface area (Å²) in [6, 6.07) is 5.28. The van der Waals surface area contributed by atoms with Crippen LogP contribution in [0.3, 0.4) is 0 Å². The van der Waals surface area contributed by atoms with E-state index in [9.17, 15) is 10.1 Å². The molecule has 0 aliphatic heterocycles. The lowest BCUT2D eigenvalue weighted by Gasteiger charge is -2.09. The molecule has 1 heterocycles. The Kier molecular flexibility index (Phi) is 4.69. The number of ether oxygens (including phenoxy) is 1. The average molecular weight is 353 g/mol. The molecule has 0 aliphatic carbocycles. The third-order valence-electron chi connectivity index (χ3n) is 2.66. The summed E-state index contributed by atoms with van der Waals surface area (Å²) in [6.07, 6.45) is 1.23. The van der Waals surface area contributed by atoms with Crippen molar-refractivity contribution in [3.8, 4) is 11.6 Å². The Morgan fingerprint density at radius 3 is 2.81 bits per heavy atom. The summed E-state index contributed by atoms with van der Waals surface area (Å²) in [7, 11) is 0. The van der Waals surface area contributed by atoms with E-state index in [4.69, 9.17) is 4.74 Å². The summed E-state index contributed by atoms with van der Waals surface area (Å²) >= 11 is 3.39. The van der Waals surface area contributed by atoms with Gasteiger partial charge in [-0.2, -0.15) is 4.98 Å². The number of aryl methyl sites for hydroxylation is 1. The number of nitrogens with zero attached hydrogens (tertiary/aromatic N) is 3. The summed E-state index contributed by atoms with van der Waals surface area (Å²) in [5.41, 5.74) is 0.677. The molecule has 0 saturated heterocycles. The molecule has 1 N–H and O–H groups in total. The van der Waals surface area contributed by atoms with Gasteiger partial charge in [-0.15, -0.1) is 0 Å². The van der Waals surface area contributed by atoms with Gasteiger partial charge in [-0.25, -0.2) is 4.98 Å². The maximum Gasteiger partial charge on any atom is 0.373 e. The van der Waals surface area contributed by atoms with Gasteiger partial charge in [-0.05, 0) is 37.6 Å². The van der Waals surface area contributed by atoms with Crippen molar-refractivity contribution in [1.29, 1.82) is 0 Å². The van der Waals surface area contributed by atoms with Gasteiger partial charge in [0, 0.05) is 11.0 Å². The second-order valence-electron chi connectivity index (χ2n) is 4.18. The molecular weight excluding hydrogens is 340 g/mol. The molecule has 1 aromatic heterocycles. The van der Waals surface area contributed by atoms with E-state index >= 15 is 0 Å². The van der Waals surface area contributed by atoms with Gasteiger partial charge in [-0.3, -0.25) is 10.1 Å². The fourth-order valence-corrected chi connectivity index (χ4v) is 1.94. The van der Waals surface area contributed by atoms with Crippen molar-refractivity contribution in [2.24, 2.45) is 0 Å². The third-order valence-corrected chi connectivity index (χ3v) is 3.55. The van der Waals surface area contributed by atoms with Crippen molar-refractivity contribution in [1.82, 2.24) is 9.97 Å². The van der Waals surface area contributed by atoms with Gasteiger partial charge in [0.2, 0.25) is 5.82 Å². The van der Waals surface area contributed by atoms with Crippen LogP contribution in [0, 0.1) is 17.0 Å². The molecule has 0 aliphatic rings. The number of hydrogen-bond donors (Lipinski definition) is 1. The smallest absolute Gasteiger partial charge is 0.373 e. The van der Waals surface area contributed by atoms with E-state index in [1.807, 2.05) is 19.9 Å². The molecule has 0 bridgehead atoms. The first-order valence-corrected chi connectivity index (χ1v) is 6.99. The Hall–Kier alpha value is -2.22. The highest BCUT2D eigenvalue weighted by Gasteiger charge is 2.24. The molecule has 0 amide bonds. The summed E-state index contributed by atoms with van der Waals surface area (Å²) in [5.74, 6) is 0.522. The molecule has 2 aromatic rings. The fourth-order valence-electron chi connectivity index (χ4n) is 1.69. The monoisotopic (exact) mass is 352 g/mol. The zero-order valence-electron chi connectivity index (χ0n) is 11.5. The van der Waals surface area contributed by atoms with Crippen LogP contribution < -0.4 is 10.1 Å². The Balaban J connectivity index is 2.41. The van der Waals surface area contributed by atoms with Gasteiger partial charge < -0.3 is 10.1 Å². The first-order chi connectivity index (χ1) is 10.0. The third kappa shape index (κ3) is 3.46. The molecule has 21 heavy (non-hydrogen) atoms. The highest BCUT2D eigenvalue weighted by Crippen LogP contribution is 2.34. The molecule has 110 valence electrons. The molecule has 2 rings (SSSR count). The molecule has 0 spiro atoms. The van der Waals surface area contributed by atoms with Gasteiger partial charge in [0.05, 0.1) is 4.92 Å². The van der Waals surface area contributed by atoms with E-state index < -0.39 is 4.92 Å². The molecule has 0 unspecified atom stereocenters. The van der Waals surface area contributed by atoms with Crippen LogP contribution in [0.1, 0.15) is 12.5 Å². The first-order valence-electron chi connectivity index (χ1n) is 6.20. The summed E-state index contributed by atoms with van der Waals surface area (Å²) in [5, 5.41) is 14.1. The molecule has 7 nitrogen and oxygen atoms in total. The number of rotatable bonds is 5. The number of halogens is 1. The standard InChI is InChI=1S/C13H13BrN4O3/c1-3-15-12-11(18(19)20)13(17-7-16-12)21-9-4-5-10(14)8(2)6-9/h4-7H,3H2,1-2H3,(H,15,16,17). The molecule has 0 atom stereocenters. The zero-order valence-corrected chi connectivity index (χ0v) is 13.0. The Bertz CT molecular complexity index is 678. The summed E-state index contributed by atoms with van der Waals surface area (Å²) in [6.45, 7) is 4.23. The van der Waals surface area contributed by atoms with Crippen molar-refractivity contribution < 1.29 is 9.66 Å². The maximum atomic E-state index is 11.2. The van der Waals surface area contributed by atoms with Crippen molar-refractivity contribution >= 4 is 27.4 Å². The predicted octanol–water partition coefficient (Wildman–Crippen LogP) is 3.68. The highest BCUT2D eigenvalue weighted by molar-refractivity contribution is 9.10. The Labute approximate surface area is 129 Å². The number of nitro groups is 1. The predicted molar refractivity (Wildman–Crippen MR) is 81.8 cm³/mol. The van der Waals surface area contributed by atoms with Crippen molar-refractivity contribution in [3.05, 3.63) is 44.7 Å². The van der Waals surface area contributed by atoms with Crippen LogP contribution >= 0.6 is 15.9 Å². The van der Waals surface area contributed by atoms with Gasteiger partial charge in [0.25, 0.3) is 0 Å². The minimum absolute atomic E-state index is 0.0901. The lowest BCUT2D eigenvalue weighted by atomic mass is 10.2. The number of anilines is 1. The van der Waals surface area contributed by atoms with E-state index in [2.05, 4.69) is 31.2 Å². The highest BCUT2D eigenvalue weighted by atomic mass is 79.9. The van der Waals surface area contributed by atoms with Crippen molar-refractivity contribution in [3.63, 3.8) is 0 Å². The van der Waals surface area contributed by atoms with Crippen LogP contribution in [0.15, 0.2) is 29.0 Å². The molecule has 0 fully saturated rings. The van der Waals surface area contributed by atoms with Gasteiger partial charge in [0.1, 0.15) is 12.1 Å². The molecule has 0 radical (unpaired) electrons. The molecule has 8 heteroatoms. The summed E-state index contributed by atoms with van der Waals surface area (Å²) in [4.78, 5) is 18.4. The number of nitrogens with one attached hydrogen (secondary N) is 1. The number of aromatic nitrogens is 2. The molecule has 1 aromatic carbocycles. The van der Waals surface area contributed by atoms with Crippen LogP contribution in [0.4, 0.5) is 11.5 Å². The van der Waals surface area contributed by atoms with Gasteiger partial charge >= 0.3 is 11.6 Å². The van der Waals surface area contributed by atoms with E-state index in [1.54, 1.807) is 12.1 Å². The zero-order chi connectivity index (χ0) is 15.4. The van der Waals surface area contributed by atoms with Crippen LogP contribution in [0.5, 0.6) is 11.6 Å². The second-order valence-corrected chi connectivity index (χ2v) is 5.03. The molecular formula is C13H13BrN4O3. The van der Waals surface area contributed by atoms with E-state index in [-0.39, 0.29) is 17.4 Å². The Morgan fingerprint density at radius 2 is 2.19 bits per heavy atom. The van der Waals surface area contributed by atoms with E-state index in [0.717, 1.165) is 10.0 Å². The van der Waals surface area contributed by atoms with Crippen LogP contribution in [-0.2, 0) is 0 Å². The first kappa shape index (κ1) is 15.2. The quantitative estimate of drug-likeness (QED) is 0.651. The number of benzene rings is 1. The normalized spacial score (nSPS) is 10.2. The van der Waals surface area contributed by atoms with Crippen molar-refractivity contribution in [2.45, 2.75) is 13.8 Å². The fraction of sp³-hybridized carbons (Fsp3) is 0.231. The largest absolute Gasteiger partial charge is 0.434 e. The maximum absolute atomic E-state index is 11.2. The van der Waals surface area contributed by atoms with Crippen LogP contribution in [0.2, 0.25) is 0 Å². The lowest BCUT2D eigenvalue weighted by molar-refractivity contribution is -0.385. The minimum Gasteiger partial charge on any atom is -0.434 e. The Morgan fingerprint density at radius 1 is 1.43 bits per heavy atom. The van der Waals surface area contributed by atoms with E-state index in [0.29, 0.717) is 12.3 Å². The van der Waals surface area contributed by atoms with Gasteiger partial charge in [-0.1, -0.05) is 15.9 Å². The van der Waals surface area contributed by atoms with Crippen molar-refractivity contribution in [2.75, 3.05) is 11.9 Å². The second kappa shape index (κ2) is 6.49. The minimum atomic E-state index is -0.557. The lowest BCUT2D eigenvalue weighted by Crippen LogP contribution is -2.06. The van der Waals surface area contributed by atoms with Crippen LogP contribution in [0.25, 0.3) is 0 Å². The molecule has 0 saturated carbocycles. The average Bonchev–Trinajstić information content (AvgIpc) is 2.43. The SMILES string of the molecule is CCNc1ncnc(Oc2ccc(Br)c(C)c2)c1[N+](=O)[O-]. The van der Waals surface area contributed by atoms with E-state index in [1.165, 1.54) is 6.33 Å². The number of hydrogen-bond acceptors (Lipinski definition) is 6. The summed E-state index contributed by atoms with van der Waals surface area (Å²) < 4.78 is 6.47. The van der Waals surface area contributed by atoms with Gasteiger partial charge in [0.15, 0.2) is 0 Å². The topological polar surface area (TPSA) is 90.2 Å². The van der Waals surface area contributed by atoms with Crippen LogP contribution in [-0.4, -0.2) is 21.4 Å².